The molecule has 0 heterocycles. The van der Waals surface area contributed by atoms with Crippen LogP contribution in [-0.4, -0.2) is 38.0 Å². The fraction of sp³-hybridized carbons (Fsp3) is 0.676. The van der Waals surface area contributed by atoms with Crippen molar-refractivity contribution in [1.82, 2.24) is 0 Å². The maximum absolute atomic E-state index is 5.89. The highest BCUT2D eigenvalue weighted by Gasteiger charge is 2.19. The Labute approximate surface area is 256 Å². The first kappa shape index (κ1) is 34.4. The summed E-state index contributed by atoms with van der Waals surface area (Å²) in [6, 6.07) is 16.8. The Morgan fingerprint density at radius 1 is 0.571 bits per heavy atom. The molecule has 5 nitrogen and oxygen atoms in total. The van der Waals surface area contributed by atoms with Crippen LogP contribution < -0.4 is 9.47 Å². The van der Waals surface area contributed by atoms with Crippen molar-refractivity contribution in [3.05, 3.63) is 59.7 Å². The Morgan fingerprint density at radius 2 is 1.02 bits per heavy atom. The van der Waals surface area contributed by atoms with E-state index in [1.807, 2.05) is 26.0 Å². The van der Waals surface area contributed by atoms with Crippen molar-refractivity contribution in [2.45, 2.75) is 149 Å². The largest absolute Gasteiger partial charge is 0.465 e. The Kier molecular flexibility index (Phi) is 15.8. The molecule has 236 valence electrons. The van der Waals surface area contributed by atoms with Gasteiger partial charge in [0.05, 0.1) is 25.4 Å². The molecule has 0 radical (unpaired) electrons. The molecular formula is C37H58O5. The zero-order chi connectivity index (χ0) is 30.2. The number of ether oxygens (including phenoxy) is 5. The highest BCUT2D eigenvalue weighted by Crippen LogP contribution is 2.26. The Morgan fingerprint density at radius 3 is 1.52 bits per heavy atom. The SMILES string of the molecule is CCC(C)c1ccc(OC(C)OC2CCCC2)cc1.CCC(C)c1ccc(OC(C)OCCOC2CCCCC2)cc1. The standard InChI is InChI=1S/C20H32O3.C17H26O2/c1-4-16(2)18-10-12-20(13-11-18)23-17(3)21-14-15-22-19-8-6-5-7-9-19;1-4-13(2)15-9-11-17(12-10-15)19-14(3)18-16-7-5-6-8-16/h10-13,16-17,19H,4-9,14-15H2,1-3H3;9-14,16H,4-8H2,1-3H3. The molecule has 2 aliphatic rings. The van der Waals surface area contributed by atoms with Gasteiger partial charge in [-0.1, -0.05) is 84.1 Å². The third-order valence-corrected chi connectivity index (χ3v) is 8.76. The molecule has 0 aromatic heterocycles. The third kappa shape index (κ3) is 12.7. The molecule has 4 atom stereocenters. The topological polar surface area (TPSA) is 46.2 Å². The second kappa shape index (κ2) is 19.2. The van der Waals surface area contributed by atoms with Gasteiger partial charge in [0.25, 0.3) is 0 Å². The van der Waals surface area contributed by atoms with E-state index in [0.717, 1.165) is 17.9 Å². The average molecular weight is 583 g/mol. The van der Waals surface area contributed by atoms with Gasteiger partial charge in [0, 0.05) is 0 Å². The summed E-state index contributed by atoms with van der Waals surface area (Å²) >= 11 is 0. The second-order valence-electron chi connectivity index (χ2n) is 12.2. The van der Waals surface area contributed by atoms with E-state index < -0.39 is 0 Å². The fourth-order valence-electron chi connectivity index (χ4n) is 5.62. The minimum atomic E-state index is -0.251. The van der Waals surface area contributed by atoms with Gasteiger partial charge in [0.2, 0.25) is 0 Å². The molecule has 0 aliphatic heterocycles. The van der Waals surface area contributed by atoms with Gasteiger partial charge in [-0.2, -0.15) is 0 Å². The maximum Gasteiger partial charge on any atom is 0.197 e. The van der Waals surface area contributed by atoms with Crippen molar-refractivity contribution >= 4 is 0 Å². The van der Waals surface area contributed by atoms with Crippen LogP contribution in [0.15, 0.2) is 48.5 Å². The van der Waals surface area contributed by atoms with Crippen LogP contribution in [0.3, 0.4) is 0 Å². The molecule has 42 heavy (non-hydrogen) atoms. The minimum Gasteiger partial charge on any atom is -0.465 e. The minimum absolute atomic E-state index is 0.155. The van der Waals surface area contributed by atoms with E-state index >= 15 is 0 Å². The van der Waals surface area contributed by atoms with Gasteiger partial charge < -0.3 is 23.7 Å². The van der Waals surface area contributed by atoms with Crippen LogP contribution in [0.2, 0.25) is 0 Å². The van der Waals surface area contributed by atoms with Crippen LogP contribution in [-0.2, 0) is 14.2 Å². The molecule has 5 heteroatoms. The van der Waals surface area contributed by atoms with Gasteiger partial charge in [0.15, 0.2) is 12.6 Å². The van der Waals surface area contributed by atoms with Gasteiger partial charge in [-0.15, -0.1) is 0 Å². The summed E-state index contributed by atoms with van der Waals surface area (Å²) in [5, 5.41) is 0. The summed E-state index contributed by atoms with van der Waals surface area (Å²) in [6.07, 6.45) is 14.1. The van der Waals surface area contributed by atoms with Crippen LogP contribution in [0.4, 0.5) is 0 Å². The molecular weight excluding hydrogens is 524 g/mol. The van der Waals surface area contributed by atoms with Crippen LogP contribution in [0, 0.1) is 0 Å². The summed E-state index contributed by atoms with van der Waals surface area (Å²) in [7, 11) is 0. The molecule has 0 saturated heterocycles. The molecule has 2 aliphatic carbocycles. The van der Waals surface area contributed by atoms with Gasteiger partial charge in [-0.3, -0.25) is 0 Å². The maximum atomic E-state index is 5.89. The smallest absolute Gasteiger partial charge is 0.197 e. The number of benzene rings is 2. The van der Waals surface area contributed by atoms with Crippen molar-refractivity contribution in [3.63, 3.8) is 0 Å². The first-order valence-electron chi connectivity index (χ1n) is 16.8. The summed E-state index contributed by atoms with van der Waals surface area (Å²) in [5.74, 6) is 2.96. The van der Waals surface area contributed by atoms with Crippen LogP contribution in [0.25, 0.3) is 0 Å². The van der Waals surface area contributed by atoms with E-state index in [4.69, 9.17) is 23.7 Å². The van der Waals surface area contributed by atoms with Gasteiger partial charge >= 0.3 is 0 Å². The average Bonchev–Trinajstić information content (AvgIpc) is 3.53. The number of rotatable bonds is 15. The number of hydrogen-bond donors (Lipinski definition) is 0. The molecule has 0 amide bonds. The second-order valence-corrected chi connectivity index (χ2v) is 12.2. The Balaban J connectivity index is 0.000000235. The third-order valence-electron chi connectivity index (χ3n) is 8.76. The van der Waals surface area contributed by atoms with E-state index in [1.165, 1.54) is 75.3 Å². The van der Waals surface area contributed by atoms with Crippen LogP contribution in [0.1, 0.15) is 135 Å². The molecule has 2 fully saturated rings. The van der Waals surface area contributed by atoms with Crippen LogP contribution >= 0.6 is 0 Å². The highest BCUT2D eigenvalue weighted by atomic mass is 16.7. The van der Waals surface area contributed by atoms with E-state index in [2.05, 4.69) is 64.1 Å². The molecule has 4 unspecified atom stereocenters. The molecule has 0 spiro atoms. The monoisotopic (exact) mass is 582 g/mol. The highest BCUT2D eigenvalue weighted by molar-refractivity contribution is 5.30. The lowest BCUT2D eigenvalue weighted by atomic mass is 9.98. The first-order valence-corrected chi connectivity index (χ1v) is 16.8. The van der Waals surface area contributed by atoms with Crippen LogP contribution in [0.5, 0.6) is 11.5 Å². The lowest BCUT2D eigenvalue weighted by Crippen LogP contribution is -2.22. The fourth-order valence-corrected chi connectivity index (χ4v) is 5.62. The van der Waals surface area contributed by atoms with Crippen molar-refractivity contribution in [2.24, 2.45) is 0 Å². The molecule has 2 aromatic rings. The van der Waals surface area contributed by atoms with E-state index in [0.29, 0.717) is 37.3 Å². The van der Waals surface area contributed by atoms with E-state index in [-0.39, 0.29) is 12.6 Å². The van der Waals surface area contributed by atoms with E-state index in [9.17, 15) is 0 Å². The predicted octanol–water partition coefficient (Wildman–Crippen LogP) is 10.2. The summed E-state index contributed by atoms with van der Waals surface area (Å²) in [5.41, 5.74) is 2.73. The Hall–Kier alpha value is -2.08. The summed E-state index contributed by atoms with van der Waals surface area (Å²) in [4.78, 5) is 0. The van der Waals surface area contributed by atoms with Crippen molar-refractivity contribution in [3.8, 4) is 11.5 Å². The summed E-state index contributed by atoms with van der Waals surface area (Å²) < 4.78 is 29.1. The van der Waals surface area contributed by atoms with Gasteiger partial charge in [-0.25, -0.2) is 0 Å². The zero-order valence-corrected chi connectivity index (χ0v) is 27.3. The van der Waals surface area contributed by atoms with E-state index in [1.54, 1.807) is 0 Å². The zero-order valence-electron chi connectivity index (χ0n) is 27.3. The molecule has 0 bridgehead atoms. The quantitative estimate of drug-likeness (QED) is 0.154. The lowest BCUT2D eigenvalue weighted by molar-refractivity contribution is -0.104. The molecule has 2 aromatic carbocycles. The molecule has 0 N–H and O–H groups in total. The van der Waals surface area contributed by atoms with Crippen molar-refractivity contribution in [2.75, 3.05) is 13.2 Å². The molecule has 4 rings (SSSR count). The summed E-state index contributed by atoms with van der Waals surface area (Å²) in [6.45, 7) is 14.1. The lowest BCUT2D eigenvalue weighted by Gasteiger charge is -2.22. The normalized spacial score (nSPS) is 18.9. The molecule has 2 saturated carbocycles. The van der Waals surface area contributed by atoms with Crippen molar-refractivity contribution in [1.29, 1.82) is 0 Å². The first-order chi connectivity index (χ1) is 20.4. The van der Waals surface area contributed by atoms with Gasteiger partial charge in [-0.05, 0) is 99.6 Å². The Bertz CT molecular complexity index is 947. The predicted molar refractivity (Wildman–Crippen MR) is 173 cm³/mol. The van der Waals surface area contributed by atoms with Gasteiger partial charge in [0.1, 0.15) is 11.5 Å². The number of hydrogen-bond acceptors (Lipinski definition) is 5. The van der Waals surface area contributed by atoms with Crippen molar-refractivity contribution < 1.29 is 23.7 Å².